The first-order valence-electron chi connectivity index (χ1n) is 6.18. The molecule has 2 saturated heterocycles. The molecule has 0 amide bonds. The van der Waals surface area contributed by atoms with Crippen LogP contribution in [0.5, 0.6) is 0 Å². The number of halogens is 2. The van der Waals surface area contributed by atoms with Crippen molar-refractivity contribution in [3.63, 3.8) is 0 Å². The van der Waals surface area contributed by atoms with E-state index in [0.29, 0.717) is 0 Å². The monoisotopic (exact) mass is 304 g/mol. The van der Waals surface area contributed by atoms with Crippen molar-refractivity contribution in [2.75, 3.05) is 6.61 Å². The van der Waals surface area contributed by atoms with E-state index in [9.17, 15) is 19.0 Å². The Kier molecular flexibility index (Phi) is 3.30. The van der Waals surface area contributed by atoms with Gasteiger partial charge >= 0.3 is 5.92 Å². The summed E-state index contributed by atoms with van der Waals surface area (Å²) in [6.45, 7) is -1.15. The van der Waals surface area contributed by atoms with Gasteiger partial charge in [0.1, 0.15) is 12.2 Å². The first-order valence-corrected chi connectivity index (χ1v) is 7.06. The molecule has 2 bridgehead atoms. The molecule has 5 atom stereocenters. The van der Waals surface area contributed by atoms with Crippen LogP contribution in [0.3, 0.4) is 0 Å². The Hall–Kier alpha value is -0.730. The lowest BCUT2D eigenvalue weighted by atomic mass is 9.80. The highest BCUT2D eigenvalue weighted by Crippen LogP contribution is 2.55. The first kappa shape index (κ1) is 14.2. The van der Waals surface area contributed by atoms with E-state index in [4.69, 9.17) is 9.84 Å². The molecule has 0 unspecified atom stereocenters. The number of aliphatic hydroxyl groups is 3. The first-order chi connectivity index (χ1) is 9.41. The second kappa shape index (κ2) is 4.64. The van der Waals surface area contributed by atoms with E-state index < -0.39 is 41.7 Å². The summed E-state index contributed by atoms with van der Waals surface area (Å²) in [5.74, 6) is -3.60. The molecule has 2 aliphatic heterocycles. The van der Waals surface area contributed by atoms with Crippen LogP contribution in [0.4, 0.5) is 8.78 Å². The fraction of sp³-hybridized carbons (Fsp3) is 0.538. The number of thioether (sulfide) groups is 1. The molecule has 3 rings (SSSR count). The van der Waals surface area contributed by atoms with Gasteiger partial charge in [-0.25, -0.2) is 8.78 Å². The number of rotatable bonds is 3. The summed E-state index contributed by atoms with van der Waals surface area (Å²) < 4.78 is 33.4. The molecular weight excluding hydrogens is 290 g/mol. The summed E-state index contributed by atoms with van der Waals surface area (Å²) in [6.07, 6.45) is -4.36. The van der Waals surface area contributed by atoms with Crippen molar-refractivity contribution in [3.05, 3.63) is 30.3 Å². The zero-order valence-electron chi connectivity index (χ0n) is 10.3. The quantitative estimate of drug-likeness (QED) is 0.765. The van der Waals surface area contributed by atoms with Crippen LogP contribution in [0.2, 0.25) is 0 Å². The Bertz CT molecular complexity index is 500. The Labute approximate surface area is 118 Å². The van der Waals surface area contributed by atoms with E-state index in [2.05, 4.69) is 0 Å². The van der Waals surface area contributed by atoms with Crippen molar-refractivity contribution in [1.82, 2.24) is 0 Å². The van der Waals surface area contributed by atoms with Crippen LogP contribution in [0.15, 0.2) is 35.2 Å². The SMILES string of the molecule is OC[C@]1(O)[C@H]2O[C@H]([C@H](Sc3ccccc3)[C@H]2O)C1(F)F. The van der Waals surface area contributed by atoms with E-state index in [-0.39, 0.29) is 0 Å². The van der Waals surface area contributed by atoms with Crippen molar-refractivity contribution in [1.29, 1.82) is 0 Å². The number of benzene rings is 1. The van der Waals surface area contributed by atoms with Crippen molar-refractivity contribution in [2.24, 2.45) is 0 Å². The zero-order valence-corrected chi connectivity index (χ0v) is 11.1. The molecular formula is C13H14F2O4S. The lowest BCUT2D eigenvalue weighted by Gasteiger charge is -2.40. The third-order valence-corrected chi connectivity index (χ3v) is 5.24. The van der Waals surface area contributed by atoms with Gasteiger partial charge in [0, 0.05) is 4.90 Å². The third kappa shape index (κ3) is 1.74. The van der Waals surface area contributed by atoms with Crippen LogP contribution < -0.4 is 0 Å². The number of hydrogen-bond donors (Lipinski definition) is 3. The fourth-order valence-electron chi connectivity index (χ4n) is 2.77. The predicted molar refractivity (Wildman–Crippen MR) is 67.7 cm³/mol. The highest BCUT2D eigenvalue weighted by Gasteiger charge is 2.77. The van der Waals surface area contributed by atoms with Gasteiger partial charge in [-0.2, -0.15) is 0 Å². The molecule has 0 spiro atoms. The van der Waals surface area contributed by atoms with Gasteiger partial charge in [0.15, 0.2) is 5.60 Å². The molecule has 1 aromatic carbocycles. The van der Waals surface area contributed by atoms with Gasteiger partial charge in [-0.3, -0.25) is 0 Å². The minimum Gasteiger partial charge on any atom is -0.393 e. The molecule has 0 aromatic heterocycles. The van der Waals surface area contributed by atoms with E-state index in [1.165, 1.54) is 0 Å². The van der Waals surface area contributed by atoms with E-state index in [1.807, 2.05) is 0 Å². The Morgan fingerprint density at radius 2 is 1.85 bits per heavy atom. The predicted octanol–water partition coefficient (Wildman–Crippen LogP) is 0.648. The highest BCUT2D eigenvalue weighted by atomic mass is 32.2. The molecule has 2 fully saturated rings. The van der Waals surface area contributed by atoms with Crippen molar-refractivity contribution < 1.29 is 28.8 Å². The number of alkyl halides is 2. The number of aliphatic hydroxyl groups excluding tert-OH is 2. The van der Waals surface area contributed by atoms with Crippen LogP contribution in [0.25, 0.3) is 0 Å². The molecule has 0 radical (unpaired) electrons. The van der Waals surface area contributed by atoms with Crippen LogP contribution in [0, 0.1) is 0 Å². The van der Waals surface area contributed by atoms with Gasteiger partial charge in [-0.1, -0.05) is 18.2 Å². The zero-order chi connectivity index (χ0) is 14.5. The van der Waals surface area contributed by atoms with Crippen molar-refractivity contribution in [2.45, 2.75) is 40.0 Å². The molecule has 7 heteroatoms. The summed E-state index contributed by atoms with van der Waals surface area (Å²) >= 11 is 1.09. The Morgan fingerprint density at radius 1 is 1.20 bits per heavy atom. The van der Waals surface area contributed by atoms with Crippen molar-refractivity contribution in [3.8, 4) is 0 Å². The van der Waals surface area contributed by atoms with Crippen molar-refractivity contribution >= 4 is 11.8 Å². The van der Waals surface area contributed by atoms with E-state index in [0.717, 1.165) is 16.7 Å². The minimum absolute atomic E-state index is 0.732. The largest absolute Gasteiger partial charge is 0.393 e. The third-order valence-electron chi connectivity index (χ3n) is 3.90. The second-order valence-corrected chi connectivity index (χ2v) is 6.32. The summed E-state index contributed by atoms with van der Waals surface area (Å²) in [5, 5.41) is 28.1. The molecule has 2 heterocycles. The van der Waals surface area contributed by atoms with E-state index >= 15 is 0 Å². The topological polar surface area (TPSA) is 69.9 Å². The summed E-state index contributed by atoms with van der Waals surface area (Å²) in [4.78, 5) is 0.732. The lowest BCUT2D eigenvalue weighted by molar-refractivity contribution is -0.212. The number of hydrogen-bond acceptors (Lipinski definition) is 5. The second-order valence-electron chi connectivity index (χ2n) is 5.07. The molecule has 4 nitrogen and oxygen atoms in total. The Morgan fingerprint density at radius 3 is 2.45 bits per heavy atom. The number of ether oxygens (including phenoxy) is 1. The highest BCUT2D eigenvalue weighted by molar-refractivity contribution is 8.00. The minimum atomic E-state index is -3.60. The summed E-state index contributed by atoms with van der Waals surface area (Å²) in [7, 11) is 0. The standard InChI is InChI=1S/C13H14F2O4S/c14-13(15)11-9(20-7-4-2-1-3-5-7)8(17)10(19-11)12(13,18)6-16/h1-5,8-11,16-18H,6H2/t8-,9-,10+,11-,12+/m1/s1. The van der Waals surface area contributed by atoms with Gasteiger partial charge in [0.2, 0.25) is 0 Å². The smallest absolute Gasteiger partial charge is 0.307 e. The summed E-state index contributed by atoms with van der Waals surface area (Å²) in [5.41, 5.74) is -2.72. The van der Waals surface area contributed by atoms with Gasteiger partial charge in [0.25, 0.3) is 0 Å². The molecule has 1 aromatic rings. The normalized spacial score (nSPS) is 42.0. The van der Waals surface area contributed by atoms with Gasteiger partial charge in [-0.15, -0.1) is 11.8 Å². The van der Waals surface area contributed by atoms with E-state index in [1.54, 1.807) is 30.3 Å². The molecule has 2 aliphatic rings. The average Bonchev–Trinajstić information content (AvgIpc) is 2.86. The van der Waals surface area contributed by atoms with Crippen LogP contribution in [-0.2, 0) is 4.74 Å². The van der Waals surface area contributed by atoms with Crippen LogP contribution in [0.1, 0.15) is 0 Å². The molecule has 0 aliphatic carbocycles. The van der Waals surface area contributed by atoms with Crippen LogP contribution in [-0.4, -0.2) is 57.0 Å². The number of fused-ring (bicyclic) bond motifs is 2. The molecule has 3 N–H and O–H groups in total. The maximum Gasteiger partial charge on any atom is 0.307 e. The van der Waals surface area contributed by atoms with Gasteiger partial charge in [0.05, 0.1) is 18.0 Å². The Balaban J connectivity index is 1.87. The lowest BCUT2D eigenvalue weighted by Crippen LogP contribution is -2.66. The maximum atomic E-state index is 14.2. The fourth-order valence-corrected chi connectivity index (χ4v) is 4.04. The van der Waals surface area contributed by atoms with Gasteiger partial charge < -0.3 is 20.1 Å². The summed E-state index contributed by atoms with van der Waals surface area (Å²) in [6, 6.07) is 8.84. The average molecular weight is 304 g/mol. The van der Waals surface area contributed by atoms with Gasteiger partial charge in [-0.05, 0) is 12.1 Å². The van der Waals surface area contributed by atoms with Crippen LogP contribution >= 0.6 is 11.8 Å². The molecule has 0 saturated carbocycles. The molecule has 20 heavy (non-hydrogen) atoms. The maximum absolute atomic E-state index is 14.2. The molecule has 110 valence electrons.